The third-order valence-electron chi connectivity index (χ3n) is 3.84. The molecule has 0 spiro atoms. The van der Waals surface area contributed by atoms with Gasteiger partial charge < -0.3 is 25.4 Å². The summed E-state index contributed by atoms with van der Waals surface area (Å²) in [6.45, 7) is 6.84. The lowest BCUT2D eigenvalue weighted by Crippen LogP contribution is -2.42. The first-order chi connectivity index (χ1) is 11.3. The molecule has 1 aliphatic heterocycles. The Morgan fingerprint density at radius 2 is 2.04 bits per heavy atom. The molecule has 0 bridgehead atoms. The summed E-state index contributed by atoms with van der Waals surface area (Å²) in [5, 5.41) is 9.32. The van der Waals surface area contributed by atoms with Crippen molar-refractivity contribution in [1.82, 2.24) is 16.0 Å². The molecule has 1 unspecified atom stereocenters. The van der Waals surface area contributed by atoms with E-state index in [1.165, 1.54) is 0 Å². The first-order valence-electron chi connectivity index (χ1n) is 8.79. The highest BCUT2D eigenvalue weighted by molar-refractivity contribution is 5.81. The van der Waals surface area contributed by atoms with Gasteiger partial charge in [-0.25, -0.2) is 0 Å². The molecule has 2 fully saturated rings. The number of amides is 1. The van der Waals surface area contributed by atoms with Gasteiger partial charge in [0.1, 0.15) is 0 Å². The average Bonchev–Trinajstić information content (AvgIpc) is 3.28. The fourth-order valence-corrected chi connectivity index (χ4v) is 2.41. The third kappa shape index (κ3) is 7.65. The number of carbonyl (C=O) groups excluding carboxylic acids is 1. The molecule has 0 aromatic carbocycles. The van der Waals surface area contributed by atoms with Crippen LogP contribution in [0.25, 0.3) is 0 Å². The lowest BCUT2D eigenvalue weighted by molar-refractivity contribution is -0.122. The fraction of sp³-hybridized carbons (Fsp3) is 0.875. The quantitative estimate of drug-likeness (QED) is 0.305. The Bertz CT molecular complexity index is 380. The number of guanidine groups is 1. The van der Waals surface area contributed by atoms with Gasteiger partial charge in [-0.2, -0.15) is 0 Å². The first-order valence-corrected chi connectivity index (χ1v) is 8.79. The molecule has 1 heterocycles. The molecule has 1 amide bonds. The lowest BCUT2D eigenvalue weighted by atomic mass is 10.2. The van der Waals surface area contributed by atoms with Crippen LogP contribution in [0.3, 0.4) is 0 Å². The zero-order chi connectivity index (χ0) is 16.3. The van der Waals surface area contributed by atoms with E-state index in [4.69, 9.17) is 9.47 Å². The Morgan fingerprint density at radius 1 is 1.22 bits per heavy atom. The number of hydrogen-bond acceptors (Lipinski definition) is 4. The zero-order valence-corrected chi connectivity index (χ0v) is 14.1. The van der Waals surface area contributed by atoms with E-state index in [2.05, 4.69) is 20.9 Å². The van der Waals surface area contributed by atoms with E-state index in [1.807, 2.05) is 6.92 Å². The minimum atomic E-state index is 0.177. The van der Waals surface area contributed by atoms with Crippen molar-refractivity contribution in [2.75, 3.05) is 46.0 Å². The van der Waals surface area contributed by atoms with E-state index in [0.717, 1.165) is 44.8 Å². The normalized spacial score (nSPS) is 21.3. The molecule has 1 aliphatic carbocycles. The maximum atomic E-state index is 11.5. The fourth-order valence-electron chi connectivity index (χ4n) is 2.41. The van der Waals surface area contributed by atoms with Crippen LogP contribution in [0, 0.1) is 5.92 Å². The van der Waals surface area contributed by atoms with Crippen molar-refractivity contribution in [2.24, 2.45) is 10.9 Å². The number of aliphatic imine (C=N–C) groups is 1. The summed E-state index contributed by atoms with van der Waals surface area (Å²) in [4.78, 5) is 16.0. The maximum Gasteiger partial charge on any atom is 0.223 e. The van der Waals surface area contributed by atoms with Crippen LogP contribution in [0.15, 0.2) is 4.99 Å². The van der Waals surface area contributed by atoms with Crippen molar-refractivity contribution >= 4 is 11.9 Å². The highest BCUT2D eigenvalue weighted by atomic mass is 16.5. The molecule has 1 saturated carbocycles. The monoisotopic (exact) mass is 326 g/mol. The van der Waals surface area contributed by atoms with Gasteiger partial charge in [-0.05, 0) is 32.6 Å². The molecule has 3 N–H and O–H groups in total. The average molecular weight is 326 g/mol. The molecule has 0 aromatic heterocycles. The van der Waals surface area contributed by atoms with E-state index in [1.54, 1.807) is 0 Å². The largest absolute Gasteiger partial charge is 0.377 e. The summed E-state index contributed by atoms with van der Waals surface area (Å²) in [7, 11) is 0. The van der Waals surface area contributed by atoms with E-state index >= 15 is 0 Å². The third-order valence-corrected chi connectivity index (χ3v) is 3.84. The van der Waals surface area contributed by atoms with Gasteiger partial charge in [0, 0.05) is 32.2 Å². The topological polar surface area (TPSA) is 84.0 Å². The van der Waals surface area contributed by atoms with Gasteiger partial charge in [0.2, 0.25) is 5.91 Å². The summed E-state index contributed by atoms with van der Waals surface area (Å²) in [5.41, 5.74) is 0. The van der Waals surface area contributed by atoms with E-state index in [-0.39, 0.29) is 17.9 Å². The number of carbonyl (C=O) groups is 1. The second-order valence-electron chi connectivity index (χ2n) is 5.96. The van der Waals surface area contributed by atoms with Gasteiger partial charge in [0.05, 0.1) is 25.9 Å². The van der Waals surface area contributed by atoms with Crippen LogP contribution < -0.4 is 16.0 Å². The molecule has 1 atom stereocenters. The summed E-state index contributed by atoms with van der Waals surface area (Å²) in [6.07, 6.45) is 4.57. The molecule has 2 aliphatic rings. The van der Waals surface area contributed by atoms with Gasteiger partial charge in [0.15, 0.2) is 5.96 Å². The van der Waals surface area contributed by atoms with Gasteiger partial charge in [-0.1, -0.05) is 0 Å². The number of nitrogens with zero attached hydrogens (tertiary/aromatic N) is 1. The van der Waals surface area contributed by atoms with Crippen LogP contribution in [0.2, 0.25) is 0 Å². The second kappa shape index (κ2) is 10.4. The molecule has 1 saturated heterocycles. The van der Waals surface area contributed by atoms with Crippen LogP contribution in [0.1, 0.15) is 32.6 Å². The Kier molecular flexibility index (Phi) is 8.17. The van der Waals surface area contributed by atoms with Crippen LogP contribution in [-0.2, 0) is 14.3 Å². The molecule has 2 rings (SSSR count). The van der Waals surface area contributed by atoms with E-state index < -0.39 is 0 Å². The Hall–Kier alpha value is -1.34. The zero-order valence-electron chi connectivity index (χ0n) is 14.1. The van der Waals surface area contributed by atoms with Gasteiger partial charge in [-0.15, -0.1) is 0 Å². The smallest absolute Gasteiger partial charge is 0.223 e. The molecule has 0 radical (unpaired) electrons. The van der Waals surface area contributed by atoms with Crippen LogP contribution in [0.4, 0.5) is 0 Å². The second-order valence-corrected chi connectivity index (χ2v) is 5.96. The minimum Gasteiger partial charge on any atom is -0.377 e. The summed E-state index contributed by atoms with van der Waals surface area (Å²) < 4.78 is 11.1. The molecule has 7 heteroatoms. The summed E-state index contributed by atoms with van der Waals surface area (Å²) >= 11 is 0. The number of rotatable bonds is 10. The molecule has 132 valence electrons. The van der Waals surface area contributed by atoms with Crippen LogP contribution in [-0.4, -0.2) is 64.0 Å². The number of hydrogen-bond donors (Lipinski definition) is 3. The van der Waals surface area contributed by atoms with Crippen molar-refractivity contribution in [3.63, 3.8) is 0 Å². The number of nitrogens with one attached hydrogen (secondary N) is 3. The molecular weight excluding hydrogens is 296 g/mol. The predicted molar refractivity (Wildman–Crippen MR) is 89.5 cm³/mol. The highest BCUT2D eigenvalue weighted by Gasteiger charge is 2.28. The van der Waals surface area contributed by atoms with E-state index in [9.17, 15) is 4.79 Å². The van der Waals surface area contributed by atoms with Gasteiger partial charge >= 0.3 is 0 Å². The Balaban J connectivity index is 1.52. The molecular formula is C16H30N4O3. The SMILES string of the molecule is CCNC(=NCCOCC1CCCO1)NCCNC(=O)C1CC1. The van der Waals surface area contributed by atoms with Gasteiger partial charge in [0.25, 0.3) is 0 Å². The molecule has 23 heavy (non-hydrogen) atoms. The summed E-state index contributed by atoms with van der Waals surface area (Å²) in [5.74, 6) is 1.20. The predicted octanol–water partition coefficient (Wildman–Crippen LogP) is 0.263. The van der Waals surface area contributed by atoms with E-state index in [0.29, 0.717) is 32.8 Å². The van der Waals surface area contributed by atoms with Crippen molar-refractivity contribution in [1.29, 1.82) is 0 Å². The summed E-state index contributed by atoms with van der Waals surface area (Å²) in [6, 6.07) is 0. The standard InChI is InChI=1S/C16H30N4O3/c1-2-17-16(19-8-7-18-15(21)13-5-6-13)20-9-11-22-12-14-4-3-10-23-14/h13-14H,2-12H2,1H3,(H,18,21)(H2,17,19,20). The Morgan fingerprint density at radius 3 is 2.74 bits per heavy atom. The highest BCUT2D eigenvalue weighted by Crippen LogP contribution is 2.28. The van der Waals surface area contributed by atoms with Crippen molar-refractivity contribution in [3.05, 3.63) is 0 Å². The van der Waals surface area contributed by atoms with Crippen LogP contribution in [0.5, 0.6) is 0 Å². The molecule has 0 aromatic rings. The minimum absolute atomic E-state index is 0.177. The van der Waals surface area contributed by atoms with Crippen molar-refractivity contribution in [2.45, 2.75) is 38.7 Å². The first kappa shape index (κ1) is 18.0. The van der Waals surface area contributed by atoms with Crippen molar-refractivity contribution < 1.29 is 14.3 Å². The molecule has 7 nitrogen and oxygen atoms in total. The maximum absolute atomic E-state index is 11.5. The van der Waals surface area contributed by atoms with Gasteiger partial charge in [-0.3, -0.25) is 9.79 Å². The van der Waals surface area contributed by atoms with Crippen LogP contribution >= 0.6 is 0 Å². The number of ether oxygens (including phenoxy) is 2. The van der Waals surface area contributed by atoms with Crippen molar-refractivity contribution in [3.8, 4) is 0 Å². The Labute approximate surface area is 138 Å². The lowest BCUT2D eigenvalue weighted by Gasteiger charge is -2.12.